The smallest absolute Gasteiger partial charge is 0.0474 e. The Labute approximate surface area is 141 Å². The zero-order chi connectivity index (χ0) is 15.9. The molecule has 0 saturated carbocycles. The summed E-state index contributed by atoms with van der Waals surface area (Å²) in [7, 11) is 0. The summed E-state index contributed by atoms with van der Waals surface area (Å²) in [4.78, 5) is 13.3. The average Bonchev–Trinajstić information content (AvgIpc) is 3.26. The van der Waals surface area contributed by atoms with Gasteiger partial charge < -0.3 is 9.80 Å². The van der Waals surface area contributed by atoms with Crippen molar-refractivity contribution in [3.63, 3.8) is 0 Å². The summed E-state index contributed by atoms with van der Waals surface area (Å²) in [6, 6.07) is 13.1. The van der Waals surface area contributed by atoms with Gasteiger partial charge in [-0.1, -0.05) is 6.07 Å². The van der Waals surface area contributed by atoms with Crippen molar-refractivity contribution in [2.45, 2.75) is 12.8 Å². The Kier molecular flexibility index (Phi) is 3.01. The first-order valence-corrected chi connectivity index (χ1v) is 8.41. The normalized spacial score (nSPS) is 15.5. The van der Waals surface area contributed by atoms with E-state index in [2.05, 4.69) is 56.2 Å². The molecule has 4 nitrogen and oxygen atoms in total. The highest BCUT2D eigenvalue weighted by Crippen LogP contribution is 2.38. The van der Waals surface area contributed by atoms with Crippen LogP contribution in [0.3, 0.4) is 0 Å². The Morgan fingerprint density at radius 1 is 0.708 bits per heavy atom. The average molecular weight is 314 g/mol. The third-order valence-electron chi connectivity index (χ3n) is 5.00. The molecular weight excluding hydrogens is 296 g/mol. The minimum atomic E-state index is 1.02. The summed E-state index contributed by atoms with van der Waals surface area (Å²) < 4.78 is 0. The van der Waals surface area contributed by atoms with Gasteiger partial charge in [0.05, 0.1) is 0 Å². The Hall–Kier alpha value is -2.88. The number of hydrogen-bond donors (Lipinski definition) is 0. The second kappa shape index (κ2) is 5.34. The van der Waals surface area contributed by atoms with Gasteiger partial charge in [0.15, 0.2) is 0 Å². The molecule has 2 aromatic heterocycles. The number of aromatic nitrogens is 2. The lowest BCUT2D eigenvalue weighted by molar-refractivity contribution is 0.983. The number of fused-ring (bicyclic) bond motifs is 2. The summed E-state index contributed by atoms with van der Waals surface area (Å²) in [5, 5.41) is 0. The molecule has 1 aromatic carbocycles. The molecule has 118 valence electrons. The van der Waals surface area contributed by atoms with Crippen LogP contribution in [-0.4, -0.2) is 23.1 Å². The molecule has 2 aliphatic heterocycles. The minimum absolute atomic E-state index is 1.02. The number of pyridine rings is 2. The molecule has 0 amide bonds. The molecular formula is C20H18N4. The molecule has 0 radical (unpaired) electrons. The summed E-state index contributed by atoms with van der Waals surface area (Å²) in [5.41, 5.74) is 7.74. The molecule has 0 aliphatic carbocycles. The van der Waals surface area contributed by atoms with Crippen molar-refractivity contribution >= 4 is 22.7 Å². The number of anilines is 4. The van der Waals surface area contributed by atoms with Crippen molar-refractivity contribution in [1.82, 2.24) is 9.97 Å². The van der Waals surface area contributed by atoms with Crippen molar-refractivity contribution in [2.24, 2.45) is 0 Å². The van der Waals surface area contributed by atoms with Gasteiger partial charge in [-0.05, 0) is 54.3 Å². The Balaban J connectivity index is 1.52. The fourth-order valence-corrected chi connectivity index (χ4v) is 3.82. The van der Waals surface area contributed by atoms with Crippen LogP contribution in [0.1, 0.15) is 11.1 Å². The van der Waals surface area contributed by atoms with Crippen LogP contribution in [0.2, 0.25) is 0 Å². The van der Waals surface area contributed by atoms with E-state index in [0.717, 1.165) is 25.9 Å². The molecule has 0 N–H and O–H groups in total. The molecule has 0 atom stereocenters. The Bertz CT molecular complexity index is 835. The first kappa shape index (κ1) is 13.5. The second-order valence-corrected chi connectivity index (χ2v) is 6.33. The van der Waals surface area contributed by atoms with Gasteiger partial charge in [0.25, 0.3) is 0 Å². The minimum Gasteiger partial charge on any atom is -0.341 e. The molecule has 0 fully saturated rings. The molecule has 0 bridgehead atoms. The highest BCUT2D eigenvalue weighted by atomic mass is 15.2. The quantitative estimate of drug-likeness (QED) is 0.719. The van der Waals surface area contributed by atoms with Gasteiger partial charge in [0.2, 0.25) is 0 Å². The monoisotopic (exact) mass is 314 g/mol. The van der Waals surface area contributed by atoms with E-state index in [1.807, 2.05) is 24.8 Å². The van der Waals surface area contributed by atoms with Crippen LogP contribution in [0, 0.1) is 0 Å². The van der Waals surface area contributed by atoms with Crippen molar-refractivity contribution in [3.8, 4) is 0 Å². The van der Waals surface area contributed by atoms with Crippen LogP contribution in [0.15, 0.2) is 61.2 Å². The molecule has 0 spiro atoms. The molecule has 5 rings (SSSR count). The van der Waals surface area contributed by atoms with E-state index in [-0.39, 0.29) is 0 Å². The van der Waals surface area contributed by atoms with E-state index in [1.165, 1.54) is 33.9 Å². The number of nitrogens with zero attached hydrogens (tertiary/aromatic N) is 4. The third kappa shape index (κ3) is 2.07. The standard InChI is InChI=1S/C20H18N4/c1-2-17(23-10-6-15-13-21-8-4-19(15)23)12-18(3-1)24-11-7-16-14-22-9-5-20(16)24/h1-5,8-9,12-14H,6-7,10-11H2. The fourth-order valence-electron chi connectivity index (χ4n) is 3.82. The Morgan fingerprint density at radius 2 is 1.25 bits per heavy atom. The molecule has 2 aliphatic rings. The van der Waals surface area contributed by atoms with Crippen molar-refractivity contribution in [3.05, 3.63) is 72.3 Å². The maximum absolute atomic E-state index is 4.25. The van der Waals surface area contributed by atoms with Gasteiger partial charge in [-0.15, -0.1) is 0 Å². The lowest BCUT2D eigenvalue weighted by Gasteiger charge is -2.24. The molecule has 4 heteroatoms. The predicted molar refractivity (Wildman–Crippen MR) is 96.3 cm³/mol. The van der Waals surface area contributed by atoms with E-state index in [9.17, 15) is 0 Å². The van der Waals surface area contributed by atoms with E-state index in [0.29, 0.717) is 0 Å². The van der Waals surface area contributed by atoms with Crippen LogP contribution < -0.4 is 9.80 Å². The SMILES string of the molecule is c1cc(N2CCc3cnccc32)cc(N2CCc3cnccc32)c1. The zero-order valence-corrected chi connectivity index (χ0v) is 13.4. The lowest BCUT2D eigenvalue weighted by Crippen LogP contribution is -2.16. The van der Waals surface area contributed by atoms with Gasteiger partial charge >= 0.3 is 0 Å². The topological polar surface area (TPSA) is 32.3 Å². The molecule has 0 unspecified atom stereocenters. The van der Waals surface area contributed by atoms with Crippen LogP contribution in [0.5, 0.6) is 0 Å². The van der Waals surface area contributed by atoms with Gasteiger partial charge in [0, 0.05) is 60.6 Å². The molecule has 24 heavy (non-hydrogen) atoms. The third-order valence-corrected chi connectivity index (χ3v) is 5.00. The lowest BCUT2D eigenvalue weighted by atomic mass is 10.2. The fraction of sp³-hybridized carbons (Fsp3) is 0.200. The summed E-state index contributed by atoms with van der Waals surface area (Å²) in [6.07, 6.45) is 9.86. The zero-order valence-electron chi connectivity index (χ0n) is 13.4. The van der Waals surface area contributed by atoms with Crippen LogP contribution in [0.4, 0.5) is 22.7 Å². The molecule has 0 saturated heterocycles. The first-order chi connectivity index (χ1) is 11.9. The highest BCUT2D eigenvalue weighted by molar-refractivity contribution is 5.76. The van der Waals surface area contributed by atoms with E-state index < -0.39 is 0 Å². The predicted octanol–water partition coefficient (Wildman–Crippen LogP) is 3.87. The maximum atomic E-state index is 4.25. The van der Waals surface area contributed by atoms with E-state index in [4.69, 9.17) is 0 Å². The second-order valence-electron chi connectivity index (χ2n) is 6.33. The van der Waals surface area contributed by atoms with Crippen molar-refractivity contribution in [1.29, 1.82) is 0 Å². The number of rotatable bonds is 2. The van der Waals surface area contributed by atoms with Crippen molar-refractivity contribution < 1.29 is 0 Å². The van der Waals surface area contributed by atoms with Gasteiger partial charge in [-0.3, -0.25) is 9.97 Å². The van der Waals surface area contributed by atoms with Crippen molar-refractivity contribution in [2.75, 3.05) is 22.9 Å². The first-order valence-electron chi connectivity index (χ1n) is 8.41. The summed E-state index contributed by atoms with van der Waals surface area (Å²) in [6.45, 7) is 2.04. The van der Waals surface area contributed by atoms with Gasteiger partial charge in [-0.25, -0.2) is 0 Å². The molecule has 3 aromatic rings. The van der Waals surface area contributed by atoms with Crippen LogP contribution in [-0.2, 0) is 12.8 Å². The number of hydrogen-bond acceptors (Lipinski definition) is 4. The van der Waals surface area contributed by atoms with Gasteiger partial charge in [-0.2, -0.15) is 0 Å². The Morgan fingerprint density at radius 3 is 1.79 bits per heavy atom. The number of benzene rings is 1. The maximum Gasteiger partial charge on any atom is 0.0474 e. The van der Waals surface area contributed by atoms with Gasteiger partial charge in [0.1, 0.15) is 0 Å². The van der Waals surface area contributed by atoms with E-state index >= 15 is 0 Å². The van der Waals surface area contributed by atoms with Crippen LogP contribution >= 0.6 is 0 Å². The van der Waals surface area contributed by atoms with E-state index in [1.54, 1.807) is 0 Å². The summed E-state index contributed by atoms with van der Waals surface area (Å²) >= 11 is 0. The largest absolute Gasteiger partial charge is 0.341 e. The summed E-state index contributed by atoms with van der Waals surface area (Å²) in [5.74, 6) is 0. The van der Waals surface area contributed by atoms with Crippen LogP contribution in [0.25, 0.3) is 0 Å². The highest BCUT2D eigenvalue weighted by Gasteiger charge is 2.23. The molecule has 4 heterocycles.